The topological polar surface area (TPSA) is 350 Å². The van der Waals surface area contributed by atoms with Gasteiger partial charge in [-0.3, -0.25) is 28.8 Å². The van der Waals surface area contributed by atoms with Crippen LogP contribution in [0, 0.1) is 56.2 Å². The van der Waals surface area contributed by atoms with Gasteiger partial charge in [0.2, 0.25) is 35.4 Å². The van der Waals surface area contributed by atoms with Crippen molar-refractivity contribution < 1.29 is 38.3 Å². The van der Waals surface area contributed by atoms with E-state index >= 15 is 0 Å². The molecule has 9 aromatic carbocycles. The molecule has 0 bridgehead atoms. The Morgan fingerprint density at radius 1 is 0.333 bits per heavy atom. The van der Waals surface area contributed by atoms with E-state index in [1.54, 1.807) is 92.6 Å². The fourth-order valence-electron chi connectivity index (χ4n) is 17.9. The summed E-state index contributed by atoms with van der Waals surface area (Å²) in [6.07, 6.45) is 38.3. The molecule has 0 aliphatic heterocycles. The first-order valence-electron chi connectivity index (χ1n) is 52.3. The van der Waals surface area contributed by atoms with Gasteiger partial charge in [-0.15, -0.1) is 0 Å². The molecule has 25 nitrogen and oxygen atoms in total. The molecule has 1 atom stereocenters. The molecule has 15 aromatic rings. The molecule has 0 radical (unpaired) electrons. The summed E-state index contributed by atoms with van der Waals surface area (Å²) in [5, 5.41) is 27.1. The lowest BCUT2D eigenvalue weighted by Gasteiger charge is -2.21. The molecule has 6 heterocycles. The zero-order valence-corrected chi connectivity index (χ0v) is 87.8. The van der Waals surface area contributed by atoms with Crippen LogP contribution in [-0.2, 0) is 67.3 Å². The lowest BCUT2D eigenvalue weighted by molar-refractivity contribution is -0.119. The summed E-state index contributed by atoms with van der Waals surface area (Å²) >= 11 is 5.85. The number of anilines is 6. The van der Waals surface area contributed by atoms with Gasteiger partial charge in [0.15, 0.2) is 34.9 Å². The number of carbonyl (C=O) groups excluding carboxylic acids is 6. The highest BCUT2D eigenvalue weighted by atomic mass is 35.5. The van der Waals surface area contributed by atoms with E-state index in [4.69, 9.17) is 26.6 Å². The third kappa shape index (κ3) is 36.7. The van der Waals surface area contributed by atoms with Gasteiger partial charge in [-0.05, 0) is 142 Å². The normalized spacial score (nSPS) is 13.0. The number of nitrogens with zero attached hydrogens (tertiary/aromatic N) is 12. The van der Waals surface area contributed by atoms with Crippen molar-refractivity contribution in [1.29, 1.82) is 0 Å². The molecule has 6 aromatic heterocycles. The van der Waals surface area contributed by atoms with E-state index in [1.807, 2.05) is 236 Å². The van der Waals surface area contributed by atoms with Crippen LogP contribution < -0.4 is 31.9 Å². The number of benzene rings is 9. The van der Waals surface area contributed by atoms with E-state index < -0.39 is 0 Å². The van der Waals surface area contributed by atoms with Gasteiger partial charge in [0.05, 0.1) is 125 Å². The van der Waals surface area contributed by atoms with Crippen molar-refractivity contribution in [2.24, 2.45) is 29.6 Å². The molecular weight excluding hydrogens is 1900 g/mol. The summed E-state index contributed by atoms with van der Waals surface area (Å²) in [6.45, 7) is 15.0. The van der Waals surface area contributed by atoms with Crippen LogP contribution in [0.25, 0.3) is 67.5 Å². The molecule has 27 heteroatoms. The first-order valence-corrected chi connectivity index (χ1v) is 52.7. The average molecular weight is 2030 g/mol. The number of hydrogen-bond donors (Lipinski definition) is 7. The minimum Gasteiger partial charge on any atom is -0.508 e. The Balaban J connectivity index is 0.000000150. The Labute approximate surface area is 885 Å². The smallest absolute Gasteiger partial charge is 0.229 e. The summed E-state index contributed by atoms with van der Waals surface area (Å²) < 4.78 is 12.9. The third-order valence-electron chi connectivity index (χ3n) is 26.4. The second kappa shape index (κ2) is 58.7. The highest BCUT2D eigenvalue weighted by molar-refractivity contribution is 6.30. The van der Waals surface area contributed by atoms with Crippen molar-refractivity contribution in [3.8, 4) is 73.3 Å². The van der Waals surface area contributed by atoms with Gasteiger partial charge >= 0.3 is 0 Å². The van der Waals surface area contributed by atoms with Crippen molar-refractivity contribution in [3.63, 3.8) is 0 Å². The summed E-state index contributed by atoms with van der Waals surface area (Å²) in [6, 6.07) is 79.2. The molecular formula is C123H136ClFN18O7. The van der Waals surface area contributed by atoms with Crippen LogP contribution in [-0.4, -0.2) is 100 Å². The fraction of sp³-hybridized carbons (Fsp3) is 0.317. The third-order valence-corrected chi connectivity index (χ3v) is 26.7. The lowest BCUT2D eigenvalue weighted by atomic mass is 9.86. The number of aryl methyl sites for hydroxylation is 6. The highest BCUT2D eigenvalue weighted by Crippen LogP contribution is 2.35. The van der Waals surface area contributed by atoms with Crippen LogP contribution >= 0.6 is 11.6 Å². The summed E-state index contributed by atoms with van der Waals surface area (Å²) in [5.41, 5.74) is 18.2. The van der Waals surface area contributed by atoms with E-state index in [-0.39, 0.29) is 72.2 Å². The van der Waals surface area contributed by atoms with Gasteiger partial charge in [0.1, 0.15) is 11.6 Å². The number of phenolic OH excluding ortho intramolecular Hbond substituents is 1. The molecule has 774 valence electrons. The number of amides is 6. The van der Waals surface area contributed by atoms with Crippen LogP contribution in [0.3, 0.4) is 0 Å². The minimum atomic E-state index is -0.322. The van der Waals surface area contributed by atoms with Crippen molar-refractivity contribution in [2.75, 3.05) is 31.9 Å². The Kier molecular flexibility index (Phi) is 43.7. The van der Waals surface area contributed by atoms with E-state index in [1.165, 1.54) is 115 Å². The molecule has 3 aliphatic carbocycles. The summed E-state index contributed by atoms with van der Waals surface area (Å²) in [7, 11) is 0. The molecule has 0 spiro atoms. The first kappa shape index (κ1) is 111. The molecule has 7 N–H and O–H groups in total. The second-order valence-electron chi connectivity index (χ2n) is 38.8. The summed E-state index contributed by atoms with van der Waals surface area (Å²) in [5.74, 6) is 5.16. The van der Waals surface area contributed by atoms with Gasteiger partial charge in [-0.1, -0.05) is 354 Å². The molecule has 18 rings (SSSR count). The molecule has 3 aliphatic rings. The molecule has 150 heavy (non-hydrogen) atoms. The molecule has 0 saturated heterocycles. The Hall–Kier alpha value is -15.7. The number of carbonyl (C=O) groups is 6. The Morgan fingerprint density at radius 3 is 0.873 bits per heavy atom. The minimum absolute atomic E-state index is 0.0191. The van der Waals surface area contributed by atoms with Crippen molar-refractivity contribution in [1.82, 2.24) is 59.8 Å². The van der Waals surface area contributed by atoms with Crippen LogP contribution in [0.15, 0.2) is 292 Å². The number of aromatic hydroxyl groups is 1. The fourth-order valence-corrected chi connectivity index (χ4v) is 18.0. The van der Waals surface area contributed by atoms with Crippen molar-refractivity contribution in [2.45, 2.75) is 222 Å². The number of nitrogens with one attached hydrogen (secondary N) is 6. The zero-order valence-electron chi connectivity index (χ0n) is 87.0. The Morgan fingerprint density at radius 2 is 0.593 bits per heavy atom. The summed E-state index contributed by atoms with van der Waals surface area (Å²) in [4.78, 5) is 127. The van der Waals surface area contributed by atoms with Gasteiger partial charge in [-0.25, -0.2) is 64.2 Å². The second-order valence-corrected chi connectivity index (χ2v) is 39.2. The van der Waals surface area contributed by atoms with Crippen LogP contribution in [0.4, 0.5) is 39.3 Å². The largest absolute Gasteiger partial charge is 0.508 e. The zero-order chi connectivity index (χ0) is 106. The standard InChI is InChI=1S/2C23H31N3O.C20H25N3O.C19H16ClN3O.C19H16FN3O.C19H17N3O2/c1-17(2)15-22(27)26-23-20(14-13-18-9-5-3-6-10-18)25-21(16-24-23)19-11-7-4-8-12-19;1-3-17(2)23(27)26-22-20(15-14-18-10-6-4-7-11-18)25-21(16-24-22)19-12-8-5-9-13-19;1-15(24)22-20-18(13-12-16-8-4-2-5-9-16)23-19(14-21-20)17-10-6-3-7-11-17;2*1-13-19(21-12-17(22-13)15-5-3-2-4-6-15)23-18(24)11-14-7-9-16(20)10-8-14;1-13-19(20-12-17(21-13)15-5-3-2-4-6-15)22-18(24)11-14-7-9-16(23)10-8-14/h4,7-8,11-12,16-18H,3,5-6,9-10,13-15H2,1-2H3,(H,24,26,27);5,8-9,12-13,16-18H,3-4,6-7,10-11,14-15H2,1-2H3,(H,24,26,27);3,6-7,10-11,14,16H,2,4-5,8-9,12-13H2,1H3,(H,21,22,24);2*2-10,12H,11H2,1H3,(H,21,23,24);2-10,12,23H,11H2,1H3,(H,20,22,24). The Bertz CT molecular complexity index is 6470. The van der Waals surface area contributed by atoms with Gasteiger partial charge < -0.3 is 37.0 Å². The predicted molar refractivity (Wildman–Crippen MR) is 597 cm³/mol. The van der Waals surface area contributed by atoms with Gasteiger partial charge in [0.25, 0.3) is 0 Å². The first-order chi connectivity index (χ1) is 72.8. The predicted octanol–water partition coefficient (Wildman–Crippen LogP) is 27.3. The lowest BCUT2D eigenvalue weighted by Crippen LogP contribution is -2.22. The van der Waals surface area contributed by atoms with Crippen LogP contribution in [0.5, 0.6) is 5.75 Å². The van der Waals surface area contributed by atoms with Gasteiger partial charge in [-0.2, -0.15) is 0 Å². The van der Waals surface area contributed by atoms with Crippen LogP contribution in [0.1, 0.15) is 214 Å². The average Bonchev–Trinajstić information content (AvgIpc) is 0.780. The van der Waals surface area contributed by atoms with Crippen LogP contribution in [0.2, 0.25) is 5.02 Å². The monoisotopic (exact) mass is 2030 g/mol. The van der Waals surface area contributed by atoms with E-state index in [2.05, 4.69) is 76.8 Å². The maximum Gasteiger partial charge on any atom is 0.229 e. The van der Waals surface area contributed by atoms with E-state index in [9.17, 15) is 38.3 Å². The maximum atomic E-state index is 12.9. The number of aromatic nitrogens is 12. The number of rotatable bonds is 31. The quantitative estimate of drug-likeness (QED) is 0.0212. The van der Waals surface area contributed by atoms with E-state index in [0.29, 0.717) is 69.4 Å². The number of phenols is 1. The van der Waals surface area contributed by atoms with Crippen molar-refractivity contribution >= 4 is 82.0 Å². The number of halogens is 2. The molecule has 3 saturated carbocycles. The van der Waals surface area contributed by atoms with E-state index in [0.717, 1.165) is 164 Å². The number of hydrogen-bond acceptors (Lipinski definition) is 19. The molecule has 1 unspecified atom stereocenters. The SMILES string of the molecule is CC(=O)Nc1ncc(-c2ccccc2)nc1CCC1CCCCC1.CC(C)CC(=O)Nc1ncc(-c2ccccc2)nc1CCC1CCCCC1.CCC(C)C(=O)Nc1ncc(-c2ccccc2)nc1CCC1CCCCC1.Cc1nc(-c2ccccc2)cnc1NC(=O)Cc1ccc(Cl)cc1.Cc1nc(-c2ccccc2)cnc1NC(=O)Cc1ccc(F)cc1.Cc1nc(-c2ccccc2)cnc1NC(=O)Cc1ccc(O)cc1. The van der Waals surface area contributed by atoms with Crippen molar-refractivity contribution in [3.05, 3.63) is 354 Å². The maximum absolute atomic E-state index is 12.9. The molecule has 3 fully saturated rings. The highest BCUT2D eigenvalue weighted by Gasteiger charge is 2.24. The van der Waals surface area contributed by atoms with Gasteiger partial charge in [0, 0.05) is 57.7 Å². The molecule has 6 amide bonds.